The molecular weight excluding hydrogens is 308 g/mol. The maximum atomic E-state index is 6.30. The van der Waals surface area contributed by atoms with Crippen molar-refractivity contribution in [1.82, 2.24) is 4.98 Å². The van der Waals surface area contributed by atoms with Crippen molar-refractivity contribution in [2.45, 2.75) is 59.2 Å². The number of hydrogen-bond donors (Lipinski definition) is 0. The van der Waals surface area contributed by atoms with Gasteiger partial charge in [0.15, 0.2) is 0 Å². The van der Waals surface area contributed by atoms with Crippen LogP contribution in [0.3, 0.4) is 0 Å². The van der Waals surface area contributed by atoms with Crippen molar-refractivity contribution < 1.29 is 9.31 Å². The minimum Gasteiger partial charge on any atom is -0.399 e. The van der Waals surface area contributed by atoms with E-state index >= 15 is 0 Å². The summed E-state index contributed by atoms with van der Waals surface area (Å²) in [5, 5.41) is 1.68. The number of fused-ring (bicyclic) bond motifs is 1. The second kappa shape index (κ2) is 5.47. The van der Waals surface area contributed by atoms with Gasteiger partial charge in [-0.15, -0.1) is 0 Å². The quantitative estimate of drug-likeness (QED) is 0.614. The molecule has 0 bridgehead atoms. The summed E-state index contributed by atoms with van der Waals surface area (Å²) < 4.78 is 12.3. The summed E-state index contributed by atoms with van der Waals surface area (Å²) in [6.45, 7) is 12.4. The lowest BCUT2D eigenvalue weighted by Crippen LogP contribution is -2.41. The minimum atomic E-state index is -0.379. The van der Waals surface area contributed by atoms with Gasteiger partial charge in [0.05, 0.1) is 16.7 Å². The van der Waals surface area contributed by atoms with Gasteiger partial charge in [0.25, 0.3) is 0 Å². The summed E-state index contributed by atoms with van der Waals surface area (Å²) in [5.74, 6) is 0. The zero-order valence-corrected chi connectivity index (χ0v) is 15.4. The molecule has 1 aromatic carbocycles. The van der Waals surface area contributed by atoms with Crippen molar-refractivity contribution in [3.63, 3.8) is 0 Å². The highest BCUT2D eigenvalue weighted by Gasteiger charge is 2.52. The smallest absolute Gasteiger partial charge is 0.399 e. The summed E-state index contributed by atoms with van der Waals surface area (Å²) >= 11 is 6.30. The zero-order valence-electron chi connectivity index (χ0n) is 14.7. The van der Waals surface area contributed by atoms with Gasteiger partial charge in [-0.3, -0.25) is 0 Å². The van der Waals surface area contributed by atoms with E-state index in [4.69, 9.17) is 20.9 Å². The molecule has 0 N–H and O–H groups in total. The van der Waals surface area contributed by atoms with Crippen LogP contribution in [0, 0.1) is 6.92 Å². The molecule has 1 aliphatic heterocycles. The number of halogens is 1. The molecule has 2 heterocycles. The highest BCUT2D eigenvalue weighted by atomic mass is 35.5. The number of pyridine rings is 1. The molecule has 3 nitrogen and oxygen atoms in total. The van der Waals surface area contributed by atoms with Crippen LogP contribution in [0.4, 0.5) is 0 Å². The van der Waals surface area contributed by atoms with Crippen LogP contribution in [-0.2, 0) is 15.7 Å². The standard InChI is InChI=1S/C18H23BClNO2/c1-7-12-10-13-8-9-14(11(2)15(13)21-16(12)20)19-22-17(3,4)18(5,6)23-19/h8-10H,7H2,1-6H3. The molecule has 0 radical (unpaired) electrons. The predicted molar refractivity (Wildman–Crippen MR) is 96.6 cm³/mol. The molecule has 1 saturated heterocycles. The second-order valence-electron chi connectivity index (χ2n) is 7.23. The maximum absolute atomic E-state index is 6.30. The van der Waals surface area contributed by atoms with E-state index in [0.717, 1.165) is 33.9 Å². The Morgan fingerprint density at radius 2 is 1.74 bits per heavy atom. The number of hydrogen-bond acceptors (Lipinski definition) is 3. The third kappa shape index (κ3) is 2.67. The van der Waals surface area contributed by atoms with Gasteiger partial charge < -0.3 is 9.31 Å². The molecule has 0 atom stereocenters. The number of nitrogens with zero attached hydrogens (tertiary/aromatic N) is 1. The lowest BCUT2D eigenvalue weighted by Gasteiger charge is -2.32. The van der Waals surface area contributed by atoms with Crippen LogP contribution in [0.2, 0.25) is 5.15 Å². The third-order valence-electron chi connectivity index (χ3n) is 5.20. The van der Waals surface area contributed by atoms with Crippen LogP contribution in [0.25, 0.3) is 10.9 Å². The third-order valence-corrected chi connectivity index (χ3v) is 5.52. The van der Waals surface area contributed by atoms with Gasteiger partial charge >= 0.3 is 7.12 Å². The molecule has 1 aromatic heterocycles. The summed E-state index contributed by atoms with van der Waals surface area (Å²) in [4.78, 5) is 4.61. The Labute approximate surface area is 143 Å². The topological polar surface area (TPSA) is 31.4 Å². The largest absolute Gasteiger partial charge is 0.495 e. The average Bonchev–Trinajstić information content (AvgIpc) is 2.67. The molecule has 122 valence electrons. The first-order valence-corrected chi connectivity index (χ1v) is 8.48. The van der Waals surface area contributed by atoms with Crippen LogP contribution in [0.15, 0.2) is 18.2 Å². The lowest BCUT2D eigenvalue weighted by atomic mass is 9.75. The zero-order chi connectivity index (χ0) is 17.0. The Balaban J connectivity index is 2.09. The summed E-state index contributed by atoms with van der Waals surface area (Å²) in [6, 6.07) is 6.27. The average molecular weight is 332 g/mol. The van der Waals surface area contributed by atoms with Crippen LogP contribution in [-0.4, -0.2) is 23.3 Å². The first-order valence-electron chi connectivity index (χ1n) is 8.10. The fraction of sp³-hybridized carbons (Fsp3) is 0.500. The predicted octanol–water partition coefficient (Wildman–Crippen LogP) is 4.06. The fourth-order valence-electron chi connectivity index (χ4n) is 2.89. The monoisotopic (exact) mass is 331 g/mol. The van der Waals surface area contributed by atoms with E-state index in [-0.39, 0.29) is 18.3 Å². The SMILES string of the molecule is CCc1cc2ccc(B3OC(C)(C)C(C)(C)O3)c(C)c2nc1Cl. The molecule has 0 spiro atoms. The first kappa shape index (κ1) is 16.8. The molecule has 5 heteroatoms. The fourth-order valence-corrected chi connectivity index (χ4v) is 3.16. The van der Waals surface area contributed by atoms with Gasteiger partial charge in [-0.2, -0.15) is 0 Å². The van der Waals surface area contributed by atoms with E-state index in [9.17, 15) is 0 Å². The molecular formula is C18H23BClNO2. The van der Waals surface area contributed by atoms with Crippen LogP contribution in [0.1, 0.15) is 45.7 Å². The molecule has 0 saturated carbocycles. The molecule has 0 amide bonds. The Morgan fingerprint density at radius 1 is 1.13 bits per heavy atom. The van der Waals surface area contributed by atoms with Gasteiger partial charge in [0, 0.05) is 5.39 Å². The molecule has 0 aliphatic carbocycles. The molecule has 23 heavy (non-hydrogen) atoms. The van der Waals surface area contributed by atoms with Gasteiger partial charge in [-0.25, -0.2) is 4.98 Å². The van der Waals surface area contributed by atoms with Gasteiger partial charge in [0.2, 0.25) is 0 Å². The number of aromatic nitrogens is 1. The van der Waals surface area contributed by atoms with Gasteiger partial charge in [0.1, 0.15) is 5.15 Å². The van der Waals surface area contributed by atoms with Crippen molar-refractivity contribution >= 4 is 35.1 Å². The van der Waals surface area contributed by atoms with E-state index in [1.807, 2.05) is 0 Å². The molecule has 2 aromatic rings. The molecule has 0 unspecified atom stereocenters. The normalized spacial score (nSPS) is 19.5. The highest BCUT2D eigenvalue weighted by molar-refractivity contribution is 6.63. The lowest BCUT2D eigenvalue weighted by molar-refractivity contribution is 0.00578. The van der Waals surface area contributed by atoms with Crippen LogP contribution >= 0.6 is 11.6 Å². The first-order chi connectivity index (χ1) is 10.7. The maximum Gasteiger partial charge on any atom is 0.495 e. The van der Waals surface area contributed by atoms with Crippen molar-refractivity contribution in [3.8, 4) is 0 Å². The molecule has 1 aliphatic rings. The summed E-state index contributed by atoms with van der Waals surface area (Å²) in [6.07, 6.45) is 0.875. The van der Waals surface area contributed by atoms with Gasteiger partial charge in [-0.05, 0) is 63.7 Å². The second-order valence-corrected chi connectivity index (χ2v) is 7.59. The molecule has 1 fully saturated rings. The number of aryl methyl sites for hydroxylation is 2. The Hall–Kier alpha value is -1.10. The van der Waals surface area contributed by atoms with E-state index in [2.05, 4.69) is 64.7 Å². The number of benzene rings is 1. The highest BCUT2D eigenvalue weighted by Crippen LogP contribution is 2.37. The van der Waals surface area contributed by atoms with Crippen molar-refractivity contribution in [3.05, 3.63) is 34.5 Å². The number of rotatable bonds is 2. The summed E-state index contributed by atoms with van der Waals surface area (Å²) in [5.41, 5.74) is 3.36. The van der Waals surface area contributed by atoms with Gasteiger partial charge in [-0.1, -0.05) is 30.7 Å². The minimum absolute atomic E-state index is 0.351. The van der Waals surface area contributed by atoms with E-state index in [1.54, 1.807) is 0 Å². The van der Waals surface area contributed by atoms with Crippen LogP contribution in [0.5, 0.6) is 0 Å². The summed E-state index contributed by atoms with van der Waals surface area (Å²) in [7, 11) is -0.379. The Morgan fingerprint density at radius 3 is 2.30 bits per heavy atom. The van der Waals surface area contributed by atoms with Crippen LogP contribution < -0.4 is 5.46 Å². The Bertz CT molecular complexity index is 757. The van der Waals surface area contributed by atoms with E-state index in [0.29, 0.717) is 5.15 Å². The Kier molecular flexibility index (Phi) is 3.99. The van der Waals surface area contributed by atoms with E-state index in [1.165, 1.54) is 0 Å². The van der Waals surface area contributed by atoms with Crippen molar-refractivity contribution in [2.75, 3.05) is 0 Å². The van der Waals surface area contributed by atoms with E-state index < -0.39 is 0 Å². The van der Waals surface area contributed by atoms with Crippen molar-refractivity contribution in [2.24, 2.45) is 0 Å². The molecule has 3 rings (SSSR count). The van der Waals surface area contributed by atoms with Crippen molar-refractivity contribution in [1.29, 1.82) is 0 Å².